The molecule has 0 unspecified atom stereocenters. The van der Waals surface area contributed by atoms with E-state index in [0.29, 0.717) is 11.6 Å². The van der Waals surface area contributed by atoms with Crippen LogP contribution in [0.3, 0.4) is 0 Å². The summed E-state index contributed by atoms with van der Waals surface area (Å²) in [5, 5.41) is 12.1. The van der Waals surface area contributed by atoms with E-state index in [4.69, 9.17) is 38.6 Å². The maximum absolute atomic E-state index is 10.2. The molecule has 3 aromatic heterocycles. The van der Waals surface area contributed by atoms with Crippen LogP contribution in [0, 0.1) is 5.41 Å². The molecule has 8 N–H and O–H groups in total. The Hall–Kier alpha value is -3.11. The molecule has 0 aromatic carbocycles. The number of aromatic nitrogens is 3. The molecule has 3 rings (SSSR count). The van der Waals surface area contributed by atoms with E-state index in [9.17, 15) is 4.79 Å². The largest absolute Gasteiger partial charge is 0.461 e. The van der Waals surface area contributed by atoms with Crippen LogP contribution in [0.4, 0.5) is 5.95 Å². The molecule has 3 aromatic rings. The van der Waals surface area contributed by atoms with Gasteiger partial charge in [0.05, 0.1) is 19.1 Å². The number of hydrogen-bond donors (Lipinski definition) is 5. The minimum Gasteiger partial charge on any atom is -0.461 e. The quantitative estimate of drug-likeness (QED) is 0.262. The van der Waals surface area contributed by atoms with Gasteiger partial charge in [0.15, 0.2) is 17.3 Å². The van der Waals surface area contributed by atoms with E-state index >= 15 is 0 Å². The van der Waals surface area contributed by atoms with Crippen LogP contribution in [0.2, 0.25) is 0 Å². The first kappa shape index (κ1) is 21.9. The van der Waals surface area contributed by atoms with E-state index < -0.39 is 5.24 Å². The van der Waals surface area contributed by atoms with Gasteiger partial charge in [-0.05, 0) is 35.9 Å². The number of rotatable bonds is 3. The molecule has 11 heteroatoms. The molecule has 0 atom stereocenters. The van der Waals surface area contributed by atoms with Crippen molar-refractivity contribution in [3.63, 3.8) is 0 Å². The lowest BCUT2D eigenvalue weighted by Gasteiger charge is -1.83. The van der Waals surface area contributed by atoms with Crippen molar-refractivity contribution in [1.29, 1.82) is 5.41 Å². The van der Waals surface area contributed by atoms with E-state index in [1.807, 2.05) is 0 Å². The third-order valence-electron chi connectivity index (χ3n) is 2.19. The molecule has 25 heavy (non-hydrogen) atoms. The summed E-state index contributed by atoms with van der Waals surface area (Å²) < 4.78 is 9.66. The highest BCUT2D eigenvalue weighted by Gasteiger charge is 2.04. The molecule has 0 aliphatic carbocycles. The second kappa shape index (κ2) is 11.4. The fourth-order valence-electron chi connectivity index (χ4n) is 1.19. The number of carbonyl (C=O) groups is 1. The van der Waals surface area contributed by atoms with Gasteiger partial charge in [-0.1, -0.05) is 7.43 Å². The predicted molar refractivity (Wildman–Crippen MR) is 95.1 cm³/mol. The third kappa shape index (κ3) is 8.34. The molecule has 0 aliphatic heterocycles. The highest BCUT2D eigenvalue weighted by atomic mass is 35.5. The van der Waals surface area contributed by atoms with E-state index in [1.165, 1.54) is 12.3 Å². The molecule has 0 radical (unpaired) electrons. The maximum Gasteiger partial charge on any atom is 0.287 e. The summed E-state index contributed by atoms with van der Waals surface area (Å²) in [6.07, 6.45) is 2.96. The first-order valence-electron chi connectivity index (χ1n) is 6.42. The zero-order chi connectivity index (χ0) is 17.9. The van der Waals surface area contributed by atoms with Gasteiger partial charge in [-0.2, -0.15) is 4.98 Å². The number of halogens is 1. The summed E-state index contributed by atoms with van der Waals surface area (Å²) in [5.74, 6) is 1.62. The Labute approximate surface area is 148 Å². The van der Waals surface area contributed by atoms with Crippen molar-refractivity contribution >= 4 is 28.6 Å². The van der Waals surface area contributed by atoms with Crippen LogP contribution < -0.4 is 17.2 Å². The Kier molecular flexibility index (Phi) is 10.0. The van der Waals surface area contributed by atoms with Crippen molar-refractivity contribution in [3.8, 4) is 11.6 Å². The summed E-state index contributed by atoms with van der Waals surface area (Å²) >= 11 is 5.01. The number of nitrogens with zero attached hydrogens (tertiary/aromatic N) is 2. The molecule has 0 saturated carbocycles. The smallest absolute Gasteiger partial charge is 0.287 e. The Balaban J connectivity index is 0.000000367. The van der Waals surface area contributed by atoms with Gasteiger partial charge in [0.25, 0.3) is 5.24 Å². The molecule has 136 valence electrons. The number of amidine groups is 1. The van der Waals surface area contributed by atoms with Gasteiger partial charge in [-0.15, -0.1) is 5.10 Å². The topological polar surface area (TPSA) is 187 Å². The summed E-state index contributed by atoms with van der Waals surface area (Å²) in [7, 11) is 0. The van der Waals surface area contributed by atoms with E-state index in [1.54, 1.807) is 24.5 Å². The lowest BCUT2D eigenvalue weighted by Crippen LogP contribution is -2.20. The van der Waals surface area contributed by atoms with Crippen LogP contribution >= 0.6 is 11.6 Å². The molecule has 0 fully saturated rings. The first-order chi connectivity index (χ1) is 11.4. The highest BCUT2D eigenvalue weighted by Crippen LogP contribution is 2.14. The molecular formula is C14H20ClN7O3. The number of H-pyrrole nitrogens is 1. The molecule has 0 bridgehead atoms. The number of aromatic amines is 1. The van der Waals surface area contributed by atoms with Gasteiger partial charge in [-0.25, -0.2) is 0 Å². The van der Waals surface area contributed by atoms with Crippen LogP contribution in [-0.2, 0) is 0 Å². The van der Waals surface area contributed by atoms with Gasteiger partial charge < -0.3 is 26.0 Å². The van der Waals surface area contributed by atoms with Gasteiger partial charge in [0.2, 0.25) is 5.95 Å². The Morgan fingerprint density at radius 2 is 1.88 bits per heavy atom. The number of nitrogens with two attached hydrogens (primary N) is 3. The van der Waals surface area contributed by atoms with Crippen LogP contribution in [-0.4, -0.2) is 32.8 Å². The normalized spacial score (nSPS) is 8.88. The van der Waals surface area contributed by atoms with Gasteiger partial charge >= 0.3 is 0 Å². The van der Waals surface area contributed by atoms with Gasteiger partial charge in [0.1, 0.15) is 5.84 Å². The highest BCUT2D eigenvalue weighted by molar-refractivity contribution is 6.67. The van der Waals surface area contributed by atoms with Crippen molar-refractivity contribution in [2.45, 2.75) is 7.43 Å². The molecule has 0 saturated heterocycles. The number of anilines is 1. The van der Waals surface area contributed by atoms with Crippen molar-refractivity contribution in [1.82, 2.24) is 15.2 Å². The number of furan rings is 2. The van der Waals surface area contributed by atoms with Crippen molar-refractivity contribution in [2.24, 2.45) is 11.5 Å². The second-order valence-electron chi connectivity index (χ2n) is 4.00. The Morgan fingerprint density at radius 3 is 2.20 bits per heavy atom. The van der Waals surface area contributed by atoms with Crippen LogP contribution in [0.25, 0.3) is 11.6 Å². The van der Waals surface area contributed by atoms with Gasteiger partial charge in [0, 0.05) is 0 Å². The van der Waals surface area contributed by atoms with Crippen LogP contribution in [0.1, 0.15) is 18.0 Å². The van der Waals surface area contributed by atoms with Crippen LogP contribution in [0.15, 0.2) is 45.6 Å². The first-order valence-corrected chi connectivity index (χ1v) is 6.79. The Bertz CT molecular complexity index is 738. The molecule has 0 aliphatic rings. The molecule has 0 amide bonds. The Morgan fingerprint density at radius 1 is 1.28 bits per heavy atom. The second-order valence-corrected chi connectivity index (χ2v) is 4.34. The summed E-state index contributed by atoms with van der Waals surface area (Å²) in [6, 6.07) is 6.67. The van der Waals surface area contributed by atoms with E-state index in [-0.39, 0.29) is 31.5 Å². The van der Waals surface area contributed by atoms with Crippen LogP contribution in [0.5, 0.6) is 0 Å². The average Bonchev–Trinajstić information content (AvgIpc) is 3.30. The van der Waals surface area contributed by atoms with Gasteiger partial charge in [-0.3, -0.25) is 15.3 Å². The zero-order valence-corrected chi connectivity index (χ0v) is 13.2. The minimum atomic E-state index is -0.560. The summed E-state index contributed by atoms with van der Waals surface area (Å²) in [4.78, 5) is 14.0. The SMILES string of the molecule is C.N=C(N)CN.Nc1n[nH]c(-c2ccco2)n1.O=C(Cl)c1ccco1. The van der Waals surface area contributed by atoms with Crippen molar-refractivity contribution in [2.75, 3.05) is 12.3 Å². The number of nitrogen functional groups attached to an aromatic ring is 1. The maximum atomic E-state index is 10.2. The third-order valence-corrected chi connectivity index (χ3v) is 2.38. The van der Waals surface area contributed by atoms with Crippen molar-refractivity contribution in [3.05, 3.63) is 42.6 Å². The van der Waals surface area contributed by atoms with E-state index in [2.05, 4.69) is 19.6 Å². The minimum absolute atomic E-state index is 0. The molecule has 3 heterocycles. The fourth-order valence-corrected chi connectivity index (χ4v) is 1.30. The molecular weight excluding hydrogens is 350 g/mol. The lowest BCUT2D eigenvalue weighted by atomic mass is 10.4. The zero-order valence-electron chi connectivity index (χ0n) is 12.4. The number of hydrogen-bond acceptors (Lipinski definition) is 8. The number of carbonyl (C=O) groups excluding carboxylic acids is 1. The van der Waals surface area contributed by atoms with E-state index in [0.717, 1.165) is 0 Å². The standard InChI is InChI=1S/C6H6N4O.C5H3ClO2.C2H7N3.CH4/c7-6-8-5(9-10-6)4-2-1-3-11-4;6-5(7)4-2-1-3-8-4;3-1-2(4)5;/h1-3H,(H3,7,8,9,10);1-3H;1,3H2,(H3,4,5);1H4. The summed E-state index contributed by atoms with van der Waals surface area (Å²) in [6.45, 7) is 0.167. The summed E-state index contributed by atoms with van der Waals surface area (Å²) in [5.41, 5.74) is 14.9. The molecule has 0 spiro atoms. The average molecular weight is 370 g/mol. The van der Waals surface area contributed by atoms with Crippen molar-refractivity contribution < 1.29 is 13.6 Å². The predicted octanol–water partition coefficient (Wildman–Crippen LogP) is 1.82. The number of nitrogens with one attached hydrogen (secondary N) is 2. The monoisotopic (exact) mass is 369 g/mol. The fraction of sp³-hybridized carbons (Fsp3) is 0.143. The lowest BCUT2D eigenvalue weighted by molar-refractivity contribution is 0.105. The molecule has 10 nitrogen and oxygen atoms in total.